The highest BCUT2D eigenvalue weighted by molar-refractivity contribution is 9.10. The summed E-state index contributed by atoms with van der Waals surface area (Å²) in [6, 6.07) is 5.09. The molecule has 0 aromatic heterocycles. The Hall–Kier alpha value is -0.120. The Balaban J connectivity index is 2.37. The molecular weight excluding hydrogens is 305 g/mol. The van der Waals surface area contributed by atoms with Gasteiger partial charge < -0.3 is 5.32 Å². The zero-order valence-electron chi connectivity index (χ0n) is 9.98. The maximum Gasteiger partial charge on any atom is 0.137 e. The van der Waals surface area contributed by atoms with Gasteiger partial charge in [0.25, 0.3) is 0 Å². The predicted molar refractivity (Wildman–Crippen MR) is 74.9 cm³/mol. The summed E-state index contributed by atoms with van der Waals surface area (Å²) >= 11 is 8.92. The second-order valence-corrected chi connectivity index (χ2v) is 5.36. The second-order valence-electron chi connectivity index (χ2n) is 4.13. The number of halogens is 3. The van der Waals surface area contributed by atoms with Crippen LogP contribution in [0.15, 0.2) is 22.7 Å². The van der Waals surface area contributed by atoms with Crippen LogP contribution in [0.1, 0.15) is 25.3 Å². The Kier molecular flexibility index (Phi) is 7.09. The molecule has 1 atom stereocenters. The molecule has 1 nitrogen and oxygen atoms in total. The third kappa shape index (κ3) is 5.36. The molecular formula is C13H18BrClFN. The van der Waals surface area contributed by atoms with Crippen LogP contribution in [0.4, 0.5) is 4.39 Å². The summed E-state index contributed by atoms with van der Waals surface area (Å²) in [5, 5.41) is 3.38. The SMILES string of the molecule is CCC(CCCl)CNCc1ccc(F)c(Br)c1. The molecule has 0 aliphatic heterocycles. The Morgan fingerprint density at radius 3 is 2.82 bits per heavy atom. The van der Waals surface area contributed by atoms with Gasteiger partial charge in [-0.15, -0.1) is 11.6 Å². The lowest BCUT2D eigenvalue weighted by atomic mass is 10.0. The quantitative estimate of drug-likeness (QED) is 0.737. The molecule has 1 rings (SSSR count). The van der Waals surface area contributed by atoms with Gasteiger partial charge in [0.05, 0.1) is 4.47 Å². The molecule has 0 saturated heterocycles. The normalized spacial score (nSPS) is 12.7. The minimum atomic E-state index is -0.220. The molecule has 0 amide bonds. The van der Waals surface area contributed by atoms with Crippen LogP contribution in [0.25, 0.3) is 0 Å². The minimum absolute atomic E-state index is 0.220. The molecule has 0 fully saturated rings. The number of hydrogen-bond acceptors (Lipinski definition) is 1. The number of hydrogen-bond donors (Lipinski definition) is 1. The van der Waals surface area contributed by atoms with Gasteiger partial charge in [-0.2, -0.15) is 0 Å². The monoisotopic (exact) mass is 321 g/mol. The zero-order chi connectivity index (χ0) is 12.7. The molecule has 1 aromatic rings. The van der Waals surface area contributed by atoms with Gasteiger partial charge in [0.15, 0.2) is 0 Å². The number of nitrogens with one attached hydrogen (secondary N) is 1. The molecule has 4 heteroatoms. The summed E-state index contributed by atoms with van der Waals surface area (Å²) in [5.41, 5.74) is 1.08. The minimum Gasteiger partial charge on any atom is -0.312 e. The maximum atomic E-state index is 13.0. The average molecular weight is 323 g/mol. The molecule has 0 heterocycles. The Labute approximate surface area is 116 Å². The van der Waals surface area contributed by atoms with E-state index in [1.54, 1.807) is 6.07 Å². The Morgan fingerprint density at radius 2 is 2.24 bits per heavy atom. The lowest BCUT2D eigenvalue weighted by molar-refractivity contribution is 0.451. The molecule has 0 bridgehead atoms. The van der Waals surface area contributed by atoms with Crippen LogP contribution in [0, 0.1) is 11.7 Å². The van der Waals surface area contributed by atoms with E-state index in [0.29, 0.717) is 16.3 Å². The summed E-state index contributed by atoms with van der Waals surface area (Å²) in [5.74, 6) is 1.11. The van der Waals surface area contributed by atoms with Crippen molar-refractivity contribution >= 4 is 27.5 Å². The molecule has 0 spiro atoms. The fourth-order valence-electron chi connectivity index (χ4n) is 1.68. The van der Waals surface area contributed by atoms with Crippen molar-refractivity contribution in [1.29, 1.82) is 0 Å². The molecule has 96 valence electrons. The van der Waals surface area contributed by atoms with Crippen LogP contribution < -0.4 is 5.32 Å². The lowest BCUT2D eigenvalue weighted by Crippen LogP contribution is -2.22. The van der Waals surface area contributed by atoms with Crippen molar-refractivity contribution in [2.24, 2.45) is 5.92 Å². The van der Waals surface area contributed by atoms with Gasteiger partial charge >= 0.3 is 0 Å². The zero-order valence-corrected chi connectivity index (χ0v) is 12.3. The molecule has 0 aliphatic carbocycles. The van der Waals surface area contributed by atoms with E-state index in [9.17, 15) is 4.39 Å². The highest BCUT2D eigenvalue weighted by Crippen LogP contribution is 2.17. The Bertz CT molecular complexity index is 346. The van der Waals surface area contributed by atoms with Crippen LogP contribution in [0.5, 0.6) is 0 Å². The maximum absolute atomic E-state index is 13.0. The number of benzene rings is 1. The number of rotatable bonds is 7. The van der Waals surface area contributed by atoms with E-state index in [2.05, 4.69) is 28.2 Å². The Morgan fingerprint density at radius 1 is 1.47 bits per heavy atom. The van der Waals surface area contributed by atoms with Crippen LogP contribution in [0.2, 0.25) is 0 Å². The fourth-order valence-corrected chi connectivity index (χ4v) is 2.41. The van der Waals surface area contributed by atoms with Crippen LogP contribution >= 0.6 is 27.5 Å². The van der Waals surface area contributed by atoms with Crippen LogP contribution in [-0.4, -0.2) is 12.4 Å². The van der Waals surface area contributed by atoms with Gasteiger partial charge in [-0.05, 0) is 52.5 Å². The van der Waals surface area contributed by atoms with Gasteiger partial charge in [0, 0.05) is 12.4 Å². The molecule has 1 unspecified atom stereocenters. The summed E-state index contributed by atoms with van der Waals surface area (Å²) in [7, 11) is 0. The fraction of sp³-hybridized carbons (Fsp3) is 0.538. The van der Waals surface area contributed by atoms with E-state index >= 15 is 0 Å². The lowest BCUT2D eigenvalue weighted by Gasteiger charge is -2.14. The van der Waals surface area contributed by atoms with E-state index in [0.717, 1.165) is 31.5 Å². The largest absolute Gasteiger partial charge is 0.312 e. The first-order valence-electron chi connectivity index (χ1n) is 5.88. The van der Waals surface area contributed by atoms with E-state index in [1.807, 2.05) is 6.07 Å². The first kappa shape index (κ1) is 14.9. The second kappa shape index (κ2) is 8.06. The van der Waals surface area contributed by atoms with Crippen molar-refractivity contribution in [3.05, 3.63) is 34.1 Å². The van der Waals surface area contributed by atoms with E-state index in [1.165, 1.54) is 6.07 Å². The molecule has 1 N–H and O–H groups in total. The van der Waals surface area contributed by atoms with E-state index in [-0.39, 0.29) is 5.82 Å². The standard InChI is InChI=1S/C13H18BrClFN/c1-2-10(5-6-15)8-17-9-11-3-4-13(16)12(14)7-11/h3-4,7,10,17H,2,5-6,8-9H2,1H3. The molecule has 0 saturated carbocycles. The summed E-state index contributed by atoms with van der Waals surface area (Å²) in [6.07, 6.45) is 2.17. The summed E-state index contributed by atoms with van der Waals surface area (Å²) < 4.78 is 13.5. The van der Waals surface area contributed by atoms with Crippen molar-refractivity contribution < 1.29 is 4.39 Å². The van der Waals surface area contributed by atoms with Crippen molar-refractivity contribution in [3.63, 3.8) is 0 Å². The van der Waals surface area contributed by atoms with E-state index < -0.39 is 0 Å². The topological polar surface area (TPSA) is 12.0 Å². The van der Waals surface area contributed by atoms with Crippen molar-refractivity contribution in [1.82, 2.24) is 5.32 Å². The van der Waals surface area contributed by atoms with Crippen LogP contribution in [0.3, 0.4) is 0 Å². The average Bonchev–Trinajstić information content (AvgIpc) is 2.32. The van der Waals surface area contributed by atoms with Crippen molar-refractivity contribution in [2.75, 3.05) is 12.4 Å². The van der Waals surface area contributed by atoms with Crippen molar-refractivity contribution in [2.45, 2.75) is 26.3 Å². The molecule has 17 heavy (non-hydrogen) atoms. The predicted octanol–water partition coefficient (Wildman–Crippen LogP) is 4.33. The third-order valence-corrected chi connectivity index (χ3v) is 3.67. The van der Waals surface area contributed by atoms with E-state index in [4.69, 9.17) is 11.6 Å². The van der Waals surface area contributed by atoms with Crippen LogP contribution in [-0.2, 0) is 6.54 Å². The molecule has 0 aliphatic rings. The summed E-state index contributed by atoms with van der Waals surface area (Å²) in [6.45, 7) is 3.89. The van der Waals surface area contributed by atoms with Gasteiger partial charge in [0.2, 0.25) is 0 Å². The van der Waals surface area contributed by atoms with Gasteiger partial charge in [-0.25, -0.2) is 4.39 Å². The van der Waals surface area contributed by atoms with Crippen molar-refractivity contribution in [3.8, 4) is 0 Å². The first-order chi connectivity index (χ1) is 8.17. The molecule has 1 aromatic carbocycles. The first-order valence-corrected chi connectivity index (χ1v) is 7.20. The third-order valence-electron chi connectivity index (χ3n) is 2.84. The highest BCUT2D eigenvalue weighted by atomic mass is 79.9. The van der Waals surface area contributed by atoms with Gasteiger partial charge in [-0.1, -0.05) is 19.4 Å². The number of alkyl halides is 1. The summed E-state index contributed by atoms with van der Waals surface area (Å²) in [4.78, 5) is 0. The van der Waals surface area contributed by atoms with Gasteiger partial charge in [0.1, 0.15) is 5.82 Å². The molecule has 0 radical (unpaired) electrons. The van der Waals surface area contributed by atoms with Gasteiger partial charge in [-0.3, -0.25) is 0 Å². The smallest absolute Gasteiger partial charge is 0.137 e. The highest BCUT2D eigenvalue weighted by Gasteiger charge is 2.05.